The van der Waals surface area contributed by atoms with Crippen molar-refractivity contribution in [2.75, 3.05) is 6.54 Å². The lowest BCUT2D eigenvalue weighted by atomic mass is 10.4. The zero-order valence-electron chi connectivity index (χ0n) is 8.14. The summed E-state index contributed by atoms with van der Waals surface area (Å²) in [5, 5.41) is 8.92. The molecular formula is C9H12FNO3S. The summed E-state index contributed by atoms with van der Waals surface area (Å²) in [6.07, 6.45) is -0.784. The van der Waals surface area contributed by atoms with Gasteiger partial charge in [0, 0.05) is 6.54 Å². The summed E-state index contributed by atoms with van der Waals surface area (Å²) in [6.45, 7) is 1.35. The van der Waals surface area contributed by atoms with Gasteiger partial charge in [0.1, 0.15) is 5.82 Å². The molecule has 0 bridgehead atoms. The number of halogens is 1. The van der Waals surface area contributed by atoms with Crippen LogP contribution in [0.3, 0.4) is 0 Å². The lowest BCUT2D eigenvalue weighted by molar-refractivity contribution is 0.198. The number of aliphatic hydroxyl groups is 1. The summed E-state index contributed by atoms with van der Waals surface area (Å²) >= 11 is 0. The third-order valence-electron chi connectivity index (χ3n) is 1.68. The Morgan fingerprint density at radius 1 is 1.53 bits per heavy atom. The molecule has 0 amide bonds. The number of aliphatic hydroxyl groups excluding tert-OH is 1. The molecule has 0 heterocycles. The minimum absolute atomic E-state index is 0.0984. The molecule has 0 spiro atoms. The molecule has 0 aliphatic rings. The fraction of sp³-hybridized carbons (Fsp3) is 0.333. The maximum absolute atomic E-state index is 12.8. The molecule has 1 rings (SSSR count). The highest BCUT2D eigenvalue weighted by molar-refractivity contribution is 7.89. The van der Waals surface area contributed by atoms with Crippen LogP contribution in [0.5, 0.6) is 0 Å². The first-order valence-corrected chi connectivity index (χ1v) is 5.83. The van der Waals surface area contributed by atoms with Crippen LogP contribution < -0.4 is 4.72 Å². The summed E-state index contributed by atoms with van der Waals surface area (Å²) in [7, 11) is -3.73. The second-order valence-corrected chi connectivity index (χ2v) is 4.93. The Morgan fingerprint density at radius 2 is 2.20 bits per heavy atom. The van der Waals surface area contributed by atoms with Gasteiger partial charge in [-0.2, -0.15) is 0 Å². The van der Waals surface area contributed by atoms with E-state index in [2.05, 4.69) is 4.72 Å². The van der Waals surface area contributed by atoms with Crippen LogP contribution in [0.4, 0.5) is 4.39 Å². The third-order valence-corrected chi connectivity index (χ3v) is 3.10. The van der Waals surface area contributed by atoms with Crippen molar-refractivity contribution in [2.45, 2.75) is 17.9 Å². The molecule has 0 saturated carbocycles. The van der Waals surface area contributed by atoms with E-state index in [1.54, 1.807) is 0 Å². The molecule has 1 aromatic carbocycles. The van der Waals surface area contributed by atoms with Crippen molar-refractivity contribution in [3.63, 3.8) is 0 Å². The molecular weight excluding hydrogens is 221 g/mol. The number of rotatable bonds is 4. The van der Waals surface area contributed by atoms with Gasteiger partial charge in [0.25, 0.3) is 0 Å². The Labute approximate surface area is 87.8 Å². The molecule has 1 aromatic rings. The fourth-order valence-electron chi connectivity index (χ4n) is 0.948. The van der Waals surface area contributed by atoms with Gasteiger partial charge in [-0.25, -0.2) is 17.5 Å². The van der Waals surface area contributed by atoms with E-state index < -0.39 is 21.9 Å². The Balaban J connectivity index is 2.87. The van der Waals surface area contributed by atoms with Crippen molar-refractivity contribution < 1.29 is 17.9 Å². The first kappa shape index (κ1) is 12.1. The van der Waals surface area contributed by atoms with Crippen molar-refractivity contribution in [3.05, 3.63) is 30.1 Å². The molecule has 1 unspecified atom stereocenters. The Kier molecular flexibility index (Phi) is 3.78. The molecule has 0 aromatic heterocycles. The van der Waals surface area contributed by atoms with Crippen molar-refractivity contribution in [1.82, 2.24) is 4.72 Å². The normalized spacial score (nSPS) is 13.8. The van der Waals surface area contributed by atoms with Crippen LogP contribution >= 0.6 is 0 Å². The van der Waals surface area contributed by atoms with Gasteiger partial charge < -0.3 is 5.11 Å². The molecule has 0 fully saturated rings. The fourth-order valence-corrected chi connectivity index (χ4v) is 2.10. The maximum Gasteiger partial charge on any atom is 0.240 e. The lowest BCUT2D eigenvalue weighted by Gasteiger charge is -2.08. The predicted octanol–water partition coefficient (Wildman–Crippen LogP) is 0.485. The van der Waals surface area contributed by atoms with E-state index in [0.29, 0.717) is 0 Å². The van der Waals surface area contributed by atoms with Gasteiger partial charge in [-0.3, -0.25) is 0 Å². The number of sulfonamides is 1. The van der Waals surface area contributed by atoms with Crippen LogP contribution in [-0.2, 0) is 10.0 Å². The van der Waals surface area contributed by atoms with E-state index in [1.165, 1.54) is 19.1 Å². The second-order valence-electron chi connectivity index (χ2n) is 3.16. The molecule has 6 heteroatoms. The van der Waals surface area contributed by atoms with Gasteiger partial charge in [-0.05, 0) is 25.1 Å². The first-order valence-electron chi connectivity index (χ1n) is 4.35. The van der Waals surface area contributed by atoms with Gasteiger partial charge in [-0.1, -0.05) is 6.07 Å². The zero-order valence-corrected chi connectivity index (χ0v) is 8.96. The number of hydrogen-bond donors (Lipinski definition) is 2. The van der Waals surface area contributed by atoms with Crippen LogP contribution in [0.2, 0.25) is 0 Å². The van der Waals surface area contributed by atoms with E-state index in [4.69, 9.17) is 5.11 Å². The molecule has 84 valence electrons. The Bertz CT molecular complexity index is 431. The van der Waals surface area contributed by atoms with Gasteiger partial charge in [0.05, 0.1) is 11.0 Å². The molecule has 4 nitrogen and oxygen atoms in total. The van der Waals surface area contributed by atoms with Gasteiger partial charge in [0.15, 0.2) is 0 Å². The highest BCUT2D eigenvalue weighted by Gasteiger charge is 2.14. The predicted molar refractivity (Wildman–Crippen MR) is 53.3 cm³/mol. The average Bonchev–Trinajstić information content (AvgIpc) is 2.15. The standard InChI is InChI=1S/C9H12FNO3S/c1-7(12)6-11-15(13,14)9-4-2-3-8(10)5-9/h2-5,7,11-12H,6H2,1H3. The summed E-state index contributed by atoms with van der Waals surface area (Å²) in [4.78, 5) is -0.150. The topological polar surface area (TPSA) is 66.4 Å². The summed E-state index contributed by atoms with van der Waals surface area (Å²) in [5.74, 6) is -0.616. The van der Waals surface area contributed by atoms with Gasteiger partial charge in [-0.15, -0.1) is 0 Å². The quantitative estimate of drug-likeness (QED) is 0.795. The molecule has 0 aliphatic carbocycles. The van der Waals surface area contributed by atoms with Crippen LogP contribution in [-0.4, -0.2) is 26.2 Å². The Hall–Kier alpha value is -0.980. The maximum atomic E-state index is 12.8. The number of nitrogens with one attached hydrogen (secondary N) is 1. The van der Waals surface area contributed by atoms with Crippen molar-refractivity contribution >= 4 is 10.0 Å². The number of benzene rings is 1. The van der Waals surface area contributed by atoms with Crippen LogP contribution in [0.1, 0.15) is 6.92 Å². The smallest absolute Gasteiger partial charge is 0.240 e. The highest BCUT2D eigenvalue weighted by atomic mass is 32.2. The molecule has 1 atom stereocenters. The Morgan fingerprint density at radius 3 is 2.73 bits per heavy atom. The van der Waals surface area contributed by atoms with Crippen LogP contribution in [0, 0.1) is 5.82 Å². The average molecular weight is 233 g/mol. The van der Waals surface area contributed by atoms with E-state index in [9.17, 15) is 12.8 Å². The monoisotopic (exact) mass is 233 g/mol. The summed E-state index contributed by atoms with van der Waals surface area (Å²) < 4.78 is 37.9. The highest BCUT2D eigenvalue weighted by Crippen LogP contribution is 2.09. The second kappa shape index (κ2) is 4.69. The minimum Gasteiger partial charge on any atom is -0.392 e. The summed E-state index contributed by atoms with van der Waals surface area (Å²) in [5.41, 5.74) is 0. The van der Waals surface area contributed by atoms with Gasteiger partial charge >= 0.3 is 0 Å². The van der Waals surface area contributed by atoms with Crippen LogP contribution in [0.15, 0.2) is 29.2 Å². The molecule has 2 N–H and O–H groups in total. The zero-order chi connectivity index (χ0) is 11.5. The van der Waals surface area contributed by atoms with Gasteiger partial charge in [0.2, 0.25) is 10.0 Å². The molecule has 0 saturated heterocycles. The van der Waals surface area contributed by atoms with Crippen molar-refractivity contribution in [2.24, 2.45) is 0 Å². The SMILES string of the molecule is CC(O)CNS(=O)(=O)c1cccc(F)c1. The number of hydrogen-bond acceptors (Lipinski definition) is 3. The minimum atomic E-state index is -3.73. The van der Waals surface area contributed by atoms with E-state index in [-0.39, 0.29) is 11.4 Å². The van der Waals surface area contributed by atoms with E-state index in [0.717, 1.165) is 12.1 Å². The third kappa shape index (κ3) is 3.58. The van der Waals surface area contributed by atoms with Crippen molar-refractivity contribution in [1.29, 1.82) is 0 Å². The first-order chi connectivity index (χ1) is 6.92. The van der Waals surface area contributed by atoms with Crippen molar-refractivity contribution in [3.8, 4) is 0 Å². The molecule has 0 aliphatic heterocycles. The molecule has 15 heavy (non-hydrogen) atoms. The lowest BCUT2D eigenvalue weighted by Crippen LogP contribution is -2.30. The summed E-state index contributed by atoms with van der Waals surface area (Å²) in [6, 6.07) is 4.68. The van der Waals surface area contributed by atoms with E-state index >= 15 is 0 Å². The van der Waals surface area contributed by atoms with E-state index in [1.807, 2.05) is 0 Å². The van der Waals surface area contributed by atoms with Crippen LogP contribution in [0.25, 0.3) is 0 Å². The molecule has 0 radical (unpaired) electrons. The largest absolute Gasteiger partial charge is 0.392 e.